The number of carboxylic acid groups (broad SMARTS) is 1. The zero-order chi connectivity index (χ0) is 16.3. The van der Waals surface area contributed by atoms with Crippen molar-refractivity contribution >= 4 is 5.97 Å². The Balaban J connectivity index is 0. The number of aliphatic carboxylic acids is 1. The quantitative estimate of drug-likeness (QED) is 0.224. The number of hydrogen-bond donors (Lipinski definition) is 1. The fourth-order valence-corrected chi connectivity index (χ4v) is 2.82. The van der Waals surface area contributed by atoms with Gasteiger partial charge < -0.3 is 5.11 Å². The second-order valence-corrected chi connectivity index (χ2v) is 6.48. The molecule has 0 saturated carbocycles. The first-order valence-electron chi connectivity index (χ1n) is 9.67. The maximum absolute atomic E-state index is 10.3. The summed E-state index contributed by atoms with van der Waals surface area (Å²) in [6.07, 6.45) is 24.5. The molecule has 0 saturated heterocycles. The van der Waals surface area contributed by atoms with Crippen molar-refractivity contribution in [1.29, 1.82) is 0 Å². The zero-order valence-electron chi connectivity index (χ0n) is 15.2. The van der Waals surface area contributed by atoms with E-state index in [0.29, 0.717) is 0 Å². The molecule has 1 radical (unpaired) electrons. The van der Waals surface area contributed by atoms with E-state index in [-0.39, 0.29) is 16.8 Å². The molecule has 0 aliphatic rings. The number of unbranched alkanes of at least 4 members (excludes halogenated alkanes) is 15. The van der Waals surface area contributed by atoms with Gasteiger partial charge in [-0.15, -0.1) is 0 Å². The largest absolute Gasteiger partial charge is 0.478 e. The summed E-state index contributed by atoms with van der Waals surface area (Å²) < 4.78 is 0. The molecule has 0 heterocycles. The van der Waals surface area contributed by atoms with Crippen molar-refractivity contribution in [2.75, 3.05) is 0 Å². The monoisotopic (exact) mass is 369 g/mol. The Hall–Kier alpha value is -0.284. The van der Waals surface area contributed by atoms with Gasteiger partial charge >= 0.3 is 5.97 Å². The van der Waals surface area contributed by atoms with Gasteiger partial charge in [-0.25, -0.2) is 4.79 Å². The van der Waals surface area contributed by atoms with Crippen LogP contribution in [0.25, 0.3) is 0 Å². The summed E-state index contributed by atoms with van der Waals surface area (Å²) in [7, 11) is 0. The maximum Gasteiger partial charge on any atom is 0.327 e. The molecular formula is C20H38CoO2. The van der Waals surface area contributed by atoms with Gasteiger partial charge in [0.25, 0.3) is 0 Å². The van der Waals surface area contributed by atoms with Gasteiger partial charge in [0.1, 0.15) is 0 Å². The number of carbonyl (C=O) groups is 1. The second-order valence-electron chi connectivity index (χ2n) is 6.48. The zero-order valence-corrected chi connectivity index (χ0v) is 16.2. The van der Waals surface area contributed by atoms with Gasteiger partial charge in [0.15, 0.2) is 0 Å². The van der Waals surface area contributed by atoms with E-state index in [0.717, 1.165) is 12.8 Å². The molecule has 0 fully saturated rings. The first kappa shape index (κ1) is 25.0. The van der Waals surface area contributed by atoms with E-state index in [1.165, 1.54) is 96.0 Å². The van der Waals surface area contributed by atoms with E-state index in [1.807, 2.05) is 0 Å². The molecule has 0 aliphatic carbocycles. The molecule has 0 bridgehead atoms. The standard InChI is InChI=1S/C20H38O2.Co/c1-2-3-4-5-6-7-8-9-10-11-12-13-14-15-16-17-18-19-20(21)22;/h18-19H,2-17H2,1H3,(H,21,22);. The smallest absolute Gasteiger partial charge is 0.327 e. The number of allylic oxidation sites excluding steroid dienone is 1. The Labute approximate surface area is 154 Å². The Morgan fingerprint density at radius 2 is 1.04 bits per heavy atom. The molecule has 0 aromatic carbocycles. The van der Waals surface area contributed by atoms with Crippen molar-refractivity contribution in [1.82, 2.24) is 0 Å². The summed E-state index contributed by atoms with van der Waals surface area (Å²) in [5.41, 5.74) is 0. The van der Waals surface area contributed by atoms with Crippen molar-refractivity contribution in [2.24, 2.45) is 0 Å². The Bertz CT molecular complexity index is 264. The van der Waals surface area contributed by atoms with E-state index in [9.17, 15) is 4.79 Å². The van der Waals surface area contributed by atoms with E-state index >= 15 is 0 Å². The summed E-state index contributed by atoms with van der Waals surface area (Å²) >= 11 is 0. The van der Waals surface area contributed by atoms with Crippen LogP contribution in [0.4, 0.5) is 0 Å². The average molecular weight is 369 g/mol. The molecule has 3 heteroatoms. The van der Waals surface area contributed by atoms with Crippen LogP contribution < -0.4 is 0 Å². The molecule has 0 unspecified atom stereocenters. The van der Waals surface area contributed by atoms with Crippen LogP contribution in [-0.4, -0.2) is 11.1 Å². The predicted molar refractivity (Wildman–Crippen MR) is 96.3 cm³/mol. The van der Waals surface area contributed by atoms with E-state index in [2.05, 4.69) is 6.92 Å². The van der Waals surface area contributed by atoms with Crippen LogP contribution in [0.2, 0.25) is 0 Å². The summed E-state index contributed by atoms with van der Waals surface area (Å²) in [6, 6.07) is 0. The maximum atomic E-state index is 10.3. The Kier molecular flexibility index (Phi) is 23.6. The van der Waals surface area contributed by atoms with Crippen LogP contribution in [0.5, 0.6) is 0 Å². The van der Waals surface area contributed by atoms with Crippen molar-refractivity contribution in [3.8, 4) is 0 Å². The molecule has 139 valence electrons. The SMILES string of the molecule is CCCCCCCCCCCCCCCCCC=CC(=O)O.[Co]. The molecular weight excluding hydrogens is 331 g/mol. The summed E-state index contributed by atoms with van der Waals surface area (Å²) in [4.78, 5) is 10.3. The average Bonchev–Trinajstić information content (AvgIpc) is 2.50. The van der Waals surface area contributed by atoms with Crippen molar-refractivity contribution in [3.05, 3.63) is 12.2 Å². The predicted octanol–water partition coefficient (Wildman–Crippen LogP) is 6.89. The van der Waals surface area contributed by atoms with E-state index in [4.69, 9.17) is 5.11 Å². The van der Waals surface area contributed by atoms with Gasteiger partial charge in [0.05, 0.1) is 0 Å². The third-order valence-corrected chi connectivity index (χ3v) is 4.23. The second kappa shape index (κ2) is 21.7. The Morgan fingerprint density at radius 3 is 1.39 bits per heavy atom. The van der Waals surface area contributed by atoms with Crippen LogP contribution in [0.15, 0.2) is 12.2 Å². The molecule has 0 rings (SSSR count). The topological polar surface area (TPSA) is 37.3 Å². The van der Waals surface area contributed by atoms with Gasteiger partial charge in [0.2, 0.25) is 0 Å². The third-order valence-electron chi connectivity index (χ3n) is 4.23. The van der Waals surface area contributed by atoms with Gasteiger partial charge in [0, 0.05) is 22.9 Å². The molecule has 0 aromatic heterocycles. The van der Waals surface area contributed by atoms with Gasteiger partial charge in [-0.05, 0) is 12.8 Å². The van der Waals surface area contributed by atoms with Gasteiger partial charge in [-0.2, -0.15) is 0 Å². The first-order chi connectivity index (χ1) is 10.8. The molecule has 2 nitrogen and oxygen atoms in total. The van der Waals surface area contributed by atoms with Crippen LogP contribution >= 0.6 is 0 Å². The number of rotatable bonds is 17. The summed E-state index contributed by atoms with van der Waals surface area (Å²) in [5.74, 6) is -0.832. The van der Waals surface area contributed by atoms with Gasteiger partial charge in [-0.3, -0.25) is 0 Å². The minimum absolute atomic E-state index is 0. The molecule has 0 aliphatic heterocycles. The van der Waals surface area contributed by atoms with Crippen molar-refractivity contribution < 1.29 is 26.7 Å². The third kappa shape index (κ3) is 24.1. The fraction of sp³-hybridized carbons (Fsp3) is 0.850. The van der Waals surface area contributed by atoms with Crippen LogP contribution in [0.1, 0.15) is 110 Å². The molecule has 0 amide bonds. The van der Waals surface area contributed by atoms with Crippen LogP contribution in [0, 0.1) is 0 Å². The van der Waals surface area contributed by atoms with Crippen LogP contribution in [-0.2, 0) is 21.6 Å². The molecule has 1 N–H and O–H groups in total. The van der Waals surface area contributed by atoms with E-state index < -0.39 is 5.97 Å². The summed E-state index contributed by atoms with van der Waals surface area (Å²) in [6.45, 7) is 2.27. The minimum Gasteiger partial charge on any atom is -0.478 e. The normalized spacial score (nSPS) is 10.8. The number of carboxylic acids is 1. The minimum atomic E-state index is -0.832. The Morgan fingerprint density at radius 1 is 0.696 bits per heavy atom. The fourth-order valence-electron chi connectivity index (χ4n) is 2.82. The molecule has 23 heavy (non-hydrogen) atoms. The molecule has 0 spiro atoms. The van der Waals surface area contributed by atoms with Crippen LogP contribution in [0.3, 0.4) is 0 Å². The van der Waals surface area contributed by atoms with Crippen molar-refractivity contribution in [2.45, 2.75) is 110 Å². The molecule has 0 atom stereocenters. The van der Waals surface area contributed by atoms with Gasteiger partial charge in [-0.1, -0.05) is 103 Å². The number of hydrogen-bond acceptors (Lipinski definition) is 1. The van der Waals surface area contributed by atoms with Crippen molar-refractivity contribution in [3.63, 3.8) is 0 Å². The van der Waals surface area contributed by atoms with E-state index in [1.54, 1.807) is 6.08 Å². The first-order valence-corrected chi connectivity index (χ1v) is 9.67. The summed E-state index contributed by atoms with van der Waals surface area (Å²) in [5, 5.41) is 8.45. The molecule has 0 aromatic rings.